The zero-order chi connectivity index (χ0) is 18.7. The van der Waals surface area contributed by atoms with E-state index in [1.807, 2.05) is 75.4 Å². The van der Waals surface area contributed by atoms with Gasteiger partial charge in [0, 0.05) is 5.56 Å². The second-order valence-electron chi connectivity index (χ2n) is 6.72. The Hall–Kier alpha value is -2.82. The molecule has 0 aliphatic carbocycles. The number of para-hydroxylation sites is 1. The highest BCUT2D eigenvalue weighted by Crippen LogP contribution is 2.34. The number of urea groups is 1. The molecule has 2 aromatic carbocycles. The first-order valence-electron chi connectivity index (χ1n) is 8.92. The van der Waals surface area contributed by atoms with Gasteiger partial charge in [-0.15, -0.1) is 0 Å². The lowest BCUT2D eigenvalue weighted by Gasteiger charge is -2.26. The molecular weight excluding hydrogens is 328 g/mol. The number of nitrogens with zero attached hydrogens (tertiary/aromatic N) is 1. The van der Waals surface area contributed by atoms with Gasteiger partial charge in [-0.25, -0.2) is 4.79 Å². The molecule has 3 amide bonds. The Balaban J connectivity index is 1.91. The maximum atomic E-state index is 13.2. The zero-order valence-electron chi connectivity index (χ0n) is 15.4. The quantitative estimate of drug-likeness (QED) is 0.804. The Morgan fingerprint density at radius 3 is 2.35 bits per heavy atom. The highest BCUT2D eigenvalue weighted by molar-refractivity contribution is 6.07. The Kier molecular flexibility index (Phi) is 4.98. The molecule has 26 heavy (non-hydrogen) atoms. The van der Waals surface area contributed by atoms with Gasteiger partial charge in [0.05, 0.1) is 12.6 Å². The number of ether oxygens (including phenoxy) is 1. The number of imide groups is 1. The molecule has 1 aliphatic heterocycles. The molecule has 1 atom stereocenters. The molecule has 5 heteroatoms. The number of benzene rings is 2. The number of amides is 3. The van der Waals surface area contributed by atoms with Gasteiger partial charge in [0.15, 0.2) is 0 Å². The van der Waals surface area contributed by atoms with E-state index in [2.05, 4.69) is 5.32 Å². The lowest BCUT2D eigenvalue weighted by atomic mass is 9.87. The van der Waals surface area contributed by atoms with E-state index in [1.54, 1.807) is 0 Å². The van der Waals surface area contributed by atoms with Crippen molar-refractivity contribution in [2.45, 2.75) is 45.4 Å². The molecule has 1 aliphatic rings. The maximum absolute atomic E-state index is 13.2. The summed E-state index contributed by atoms with van der Waals surface area (Å²) >= 11 is 0. The summed E-state index contributed by atoms with van der Waals surface area (Å²) in [5.74, 6) is 0.465. The van der Waals surface area contributed by atoms with Crippen LogP contribution in [0, 0.1) is 0 Å². The Morgan fingerprint density at radius 2 is 1.69 bits per heavy atom. The number of rotatable bonds is 6. The number of carbonyl (C=O) groups excluding carboxylic acids is 2. The summed E-state index contributed by atoms with van der Waals surface area (Å²) in [4.78, 5) is 27.1. The van der Waals surface area contributed by atoms with Crippen molar-refractivity contribution in [2.24, 2.45) is 0 Å². The van der Waals surface area contributed by atoms with Gasteiger partial charge in [0.25, 0.3) is 5.91 Å². The topological polar surface area (TPSA) is 58.6 Å². The van der Waals surface area contributed by atoms with Gasteiger partial charge < -0.3 is 10.1 Å². The molecule has 5 nitrogen and oxygen atoms in total. The Morgan fingerprint density at radius 1 is 1.04 bits per heavy atom. The van der Waals surface area contributed by atoms with Gasteiger partial charge in [-0.1, -0.05) is 55.5 Å². The standard InChI is InChI=1S/C21H24N2O3/c1-4-21(17-11-6-5-7-12-17)19(24)23(20(25)22-21)14-16-10-8-9-13-18(16)26-15(2)3/h5-13,15H,4,14H2,1-3H3,(H,22,25). The molecular formula is C21H24N2O3. The number of carbonyl (C=O) groups is 2. The molecule has 1 saturated heterocycles. The van der Waals surface area contributed by atoms with Crippen molar-refractivity contribution in [2.75, 3.05) is 0 Å². The van der Waals surface area contributed by atoms with Gasteiger partial charge in [0.1, 0.15) is 11.3 Å². The largest absolute Gasteiger partial charge is 0.491 e. The Bertz CT molecular complexity index is 804. The molecule has 1 fully saturated rings. The predicted octanol–water partition coefficient (Wildman–Crippen LogP) is 3.83. The maximum Gasteiger partial charge on any atom is 0.325 e. The fraction of sp³-hybridized carbons (Fsp3) is 0.333. The first-order valence-corrected chi connectivity index (χ1v) is 8.92. The number of nitrogens with one attached hydrogen (secondary N) is 1. The molecule has 1 unspecified atom stereocenters. The third kappa shape index (κ3) is 3.17. The van der Waals surface area contributed by atoms with Crippen LogP contribution in [0.4, 0.5) is 4.79 Å². The van der Waals surface area contributed by atoms with Crippen molar-refractivity contribution in [3.8, 4) is 5.75 Å². The van der Waals surface area contributed by atoms with Crippen molar-refractivity contribution in [3.05, 3.63) is 65.7 Å². The molecule has 0 saturated carbocycles. The summed E-state index contributed by atoms with van der Waals surface area (Å²) in [5, 5.41) is 2.91. The summed E-state index contributed by atoms with van der Waals surface area (Å²) in [6.45, 7) is 5.98. The number of hydrogen-bond acceptors (Lipinski definition) is 3. The van der Waals surface area contributed by atoms with Crippen LogP contribution < -0.4 is 10.1 Å². The van der Waals surface area contributed by atoms with E-state index in [4.69, 9.17) is 4.74 Å². The van der Waals surface area contributed by atoms with Crippen molar-refractivity contribution in [3.63, 3.8) is 0 Å². The van der Waals surface area contributed by atoms with Gasteiger partial charge in [-0.2, -0.15) is 0 Å². The summed E-state index contributed by atoms with van der Waals surface area (Å²) < 4.78 is 5.82. The van der Waals surface area contributed by atoms with Crippen LogP contribution in [0.25, 0.3) is 0 Å². The summed E-state index contributed by atoms with van der Waals surface area (Å²) in [6.07, 6.45) is 0.501. The average molecular weight is 352 g/mol. The zero-order valence-corrected chi connectivity index (χ0v) is 15.4. The average Bonchev–Trinajstić information content (AvgIpc) is 2.88. The minimum absolute atomic E-state index is 0.0123. The highest BCUT2D eigenvalue weighted by atomic mass is 16.5. The normalized spacial score (nSPS) is 19.8. The molecule has 3 rings (SSSR count). The van der Waals surface area contributed by atoms with Crippen LogP contribution >= 0.6 is 0 Å². The molecule has 0 spiro atoms. The lowest BCUT2D eigenvalue weighted by Crippen LogP contribution is -2.43. The SMILES string of the molecule is CCC1(c2ccccc2)NC(=O)N(Cc2ccccc2OC(C)C)C1=O. The van der Waals surface area contributed by atoms with Crippen molar-refractivity contribution >= 4 is 11.9 Å². The van der Waals surface area contributed by atoms with Gasteiger partial charge in [0.2, 0.25) is 0 Å². The smallest absolute Gasteiger partial charge is 0.325 e. The minimum Gasteiger partial charge on any atom is -0.491 e. The molecule has 2 aromatic rings. The number of hydrogen-bond donors (Lipinski definition) is 1. The van der Waals surface area contributed by atoms with Crippen LogP contribution in [0.15, 0.2) is 54.6 Å². The van der Waals surface area contributed by atoms with Crippen LogP contribution in [0.2, 0.25) is 0 Å². The molecule has 0 radical (unpaired) electrons. The van der Waals surface area contributed by atoms with Crippen LogP contribution in [0.3, 0.4) is 0 Å². The molecule has 1 N–H and O–H groups in total. The lowest BCUT2D eigenvalue weighted by molar-refractivity contribution is -0.132. The van der Waals surface area contributed by atoms with Crippen LogP contribution in [-0.4, -0.2) is 22.9 Å². The van der Waals surface area contributed by atoms with E-state index in [1.165, 1.54) is 4.90 Å². The van der Waals surface area contributed by atoms with Crippen LogP contribution in [0.5, 0.6) is 5.75 Å². The van der Waals surface area contributed by atoms with Gasteiger partial charge in [-0.3, -0.25) is 9.69 Å². The van der Waals surface area contributed by atoms with Crippen LogP contribution in [-0.2, 0) is 16.9 Å². The van der Waals surface area contributed by atoms with Gasteiger partial charge in [-0.05, 0) is 31.9 Å². The van der Waals surface area contributed by atoms with E-state index in [-0.39, 0.29) is 24.6 Å². The van der Waals surface area contributed by atoms with Crippen molar-refractivity contribution < 1.29 is 14.3 Å². The third-order valence-electron chi connectivity index (χ3n) is 4.64. The van der Waals surface area contributed by atoms with E-state index in [0.29, 0.717) is 12.2 Å². The van der Waals surface area contributed by atoms with E-state index in [0.717, 1.165) is 11.1 Å². The fourth-order valence-corrected chi connectivity index (χ4v) is 3.31. The molecule has 0 bridgehead atoms. The minimum atomic E-state index is -1.01. The van der Waals surface area contributed by atoms with E-state index in [9.17, 15) is 9.59 Å². The van der Waals surface area contributed by atoms with E-state index >= 15 is 0 Å². The molecule has 136 valence electrons. The first-order chi connectivity index (χ1) is 12.5. The highest BCUT2D eigenvalue weighted by Gasteiger charge is 2.51. The first kappa shape index (κ1) is 18.0. The van der Waals surface area contributed by atoms with Crippen molar-refractivity contribution in [1.82, 2.24) is 10.2 Å². The summed E-state index contributed by atoms with van der Waals surface area (Å²) in [5.41, 5.74) is 0.603. The van der Waals surface area contributed by atoms with Gasteiger partial charge >= 0.3 is 6.03 Å². The van der Waals surface area contributed by atoms with E-state index < -0.39 is 5.54 Å². The van der Waals surface area contributed by atoms with Crippen molar-refractivity contribution in [1.29, 1.82) is 0 Å². The summed E-state index contributed by atoms with van der Waals surface area (Å²) in [6, 6.07) is 16.5. The monoisotopic (exact) mass is 352 g/mol. The third-order valence-corrected chi connectivity index (χ3v) is 4.64. The Labute approximate surface area is 154 Å². The second kappa shape index (κ2) is 7.20. The van der Waals surface area contributed by atoms with Crippen LogP contribution in [0.1, 0.15) is 38.3 Å². The predicted molar refractivity (Wildman–Crippen MR) is 99.7 cm³/mol. The second-order valence-corrected chi connectivity index (χ2v) is 6.72. The summed E-state index contributed by atoms with van der Waals surface area (Å²) in [7, 11) is 0. The molecule has 0 aromatic heterocycles. The molecule has 1 heterocycles. The fourth-order valence-electron chi connectivity index (χ4n) is 3.31.